The lowest BCUT2D eigenvalue weighted by Gasteiger charge is -2.30. The average Bonchev–Trinajstić information content (AvgIpc) is 3.49. The normalized spacial score (nSPS) is 18.3. The van der Waals surface area contributed by atoms with E-state index in [2.05, 4.69) is 21.3 Å². The van der Waals surface area contributed by atoms with Crippen molar-refractivity contribution in [3.05, 3.63) is 54.4 Å². The van der Waals surface area contributed by atoms with E-state index in [9.17, 15) is 4.79 Å². The number of amides is 1. The molecule has 1 amide bonds. The molecule has 142 valence electrons. The molecule has 2 fully saturated rings. The van der Waals surface area contributed by atoms with Gasteiger partial charge in [-0.3, -0.25) is 4.79 Å². The third-order valence-electron chi connectivity index (χ3n) is 5.22. The summed E-state index contributed by atoms with van der Waals surface area (Å²) in [6, 6.07) is 10.1. The zero-order chi connectivity index (χ0) is 18.6. The van der Waals surface area contributed by atoms with Gasteiger partial charge in [-0.25, -0.2) is 0 Å². The minimum absolute atomic E-state index is 0.187. The average molecular weight is 383 g/mol. The topological polar surface area (TPSA) is 51.0 Å². The van der Waals surface area contributed by atoms with Gasteiger partial charge in [0.15, 0.2) is 5.16 Å². The van der Waals surface area contributed by atoms with Crippen molar-refractivity contribution in [2.75, 3.05) is 13.1 Å². The largest absolute Gasteiger partial charge is 0.341 e. The van der Waals surface area contributed by atoms with Gasteiger partial charge in [0.1, 0.15) is 11.1 Å². The lowest BCUT2D eigenvalue weighted by atomic mass is 10.1. The molecule has 1 unspecified atom stereocenters. The van der Waals surface area contributed by atoms with E-state index < -0.39 is 0 Å². The molecule has 0 spiro atoms. The molecule has 1 aliphatic heterocycles. The molecule has 1 aromatic carbocycles. The van der Waals surface area contributed by atoms with Gasteiger partial charge in [-0.15, -0.1) is 16.8 Å². The highest BCUT2D eigenvalue weighted by Gasteiger charge is 2.33. The molecule has 4 rings (SSSR count). The maximum absolute atomic E-state index is 13.4. The van der Waals surface area contributed by atoms with E-state index in [-0.39, 0.29) is 11.2 Å². The van der Waals surface area contributed by atoms with Gasteiger partial charge in [0, 0.05) is 25.6 Å². The van der Waals surface area contributed by atoms with Crippen molar-refractivity contribution in [2.45, 2.75) is 55.0 Å². The summed E-state index contributed by atoms with van der Waals surface area (Å²) >= 11 is 1.53. The first-order valence-corrected chi connectivity index (χ1v) is 10.7. The van der Waals surface area contributed by atoms with Crippen molar-refractivity contribution in [3.63, 3.8) is 0 Å². The second-order valence-electron chi connectivity index (χ2n) is 7.31. The van der Waals surface area contributed by atoms with Crippen LogP contribution in [-0.4, -0.2) is 38.7 Å². The fourth-order valence-electron chi connectivity index (χ4n) is 3.61. The van der Waals surface area contributed by atoms with Crippen LogP contribution in [0, 0.1) is 0 Å². The molecule has 0 N–H and O–H groups in total. The summed E-state index contributed by atoms with van der Waals surface area (Å²) in [7, 11) is 0. The Labute approximate surface area is 164 Å². The first-order chi connectivity index (χ1) is 13.3. The third kappa shape index (κ3) is 4.10. The smallest absolute Gasteiger partial charge is 0.240 e. The van der Waals surface area contributed by atoms with Crippen molar-refractivity contribution in [1.82, 2.24) is 19.7 Å². The summed E-state index contributed by atoms with van der Waals surface area (Å²) < 4.78 is 2.13. The fourth-order valence-corrected chi connectivity index (χ4v) is 4.74. The Hall–Kier alpha value is -2.08. The van der Waals surface area contributed by atoms with Gasteiger partial charge in [0.25, 0.3) is 0 Å². The Kier molecular flexibility index (Phi) is 5.62. The van der Waals surface area contributed by atoms with E-state index in [1.165, 1.54) is 31.0 Å². The zero-order valence-corrected chi connectivity index (χ0v) is 16.4. The van der Waals surface area contributed by atoms with Crippen LogP contribution in [0.5, 0.6) is 0 Å². The summed E-state index contributed by atoms with van der Waals surface area (Å²) in [5.41, 5.74) is 1.03. The molecule has 6 heteroatoms. The van der Waals surface area contributed by atoms with E-state index in [0.717, 1.165) is 42.5 Å². The zero-order valence-electron chi connectivity index (χ0n) is 15.6. The van der Waals surface area contributed by atoms with Crippen LogP contribution in [0.4, 0.5) is 0 Å². The first kappa shape index (κ1) is 18.3. The Morgan fingerprint density at radius 2 is 1.93 bits per heavy atom. The summed E-state index contributed by atoms with van der Waals surface area (Å²) in [6.45, 7) is 6.28. The van der Waals surface area contributed by atoms with Gasteiger partial charge in [-0.1, -0.05) is 48.2 Å². The van der Waals surface area contributed by atoms with Crippen molar-refractivity contribution in [2.24, 2.45) is 0 Å². The Morgan fingerprint density at radius 3 is 2.59 bits per heavy atom. The summed E-state index contributed by atoms with van der Waals surface area (Å²) in [6.07, 6.45) is 7.63. The molecule has 0 bridgehead atoms. The highest BCUT2D eigenvalue weighted by atomic mass is 32.2. The SMILES string of the molecule is C=CCn1c(SC(C(=O)N2CCCCC2)c2ccccc2)nnc1C1CC1. The lowest BCUT2D eigenvalue weighted by Crippen LogP contribution is -2.38. The standard InChI is InChI=1S/C21H26N4OS/c1-2-13-25-19(17-11-12-17)22-23-21(25)27-18(16-9-5-3-6-10-16)20(26)24-14-7-4-8-15-24/h2-3,5-6,9-10,17-18H,1,4,7-8,11-15H2. The maximum atomic E-state index is 13.4. The van der Waals surface area contributed by atoms with Crippen molar-refractivity contribution in [1.29, 1.82) is 0 Å². The molecule has 2 aliphatic rings. The van der Waals surface area contributed by atoms with Crippen LogP contribution in [-0.2, 0) is 11.3 Å². The fraction of sp³-hybridized carbons (Fsp3) is 0.476. The number of aromatic nitrogens is 3. The van der Waals surface area contributed by atoms with Gasteiger partial charge in [0.05, 0.1) is 0 Å². The molecule has 2 heterocycles. The van der Waals surface area contributed by atoms with Crippen molar-refractivity contribution in [3.8, 4) is 0 Å². The second-order valence-corrected chi connectivity index (χ2v) is 8.38. The highest BCUT2D eigenvalue weighted by Crippen LogP contribution is 2.42. The molecular weight excluding hydrogens is 356 g/mol. The Morgan fingerprint density at radius 1 is 1.19 bits per heavy atom. The van der Waals surface area contributed by atoms with Gasteiger partial charge in [-0.05, 0) is 37.7 Å². The van der Waals surface area contributed by atoms with Crippen LogP contribution >= 0.6 is 11.8 Å². The second kappa shape index (κ2) is 8.30. The van der Waals surface area contributed by atoms with Crippen LogP contribution in [0.25, 0.3) is 0 Å². The number of hydrogen-bond donors (Lipinski definition) is 0. The Bertz CT molecular complexity index is 794. The number of carbonyl (C=O) groups is 1. The summed E-state index contributed by atoms with van der Waals surface area (Å²) in [4.78, 5) is 15.4. The minimum atomic E-state index is -0.288. The molecule has 1 atom stereocenters. The summed E-state index contributed by atoms with van der Waals surface area (Å²) in [5.74, 6) is 1.74. The molecule has 1 saturated heterocycles. The lowest BCUT2D eigenvalue weighted by molar-refractivity contribution is -0.131. The first-order valence-electron chi connectivity index (χ1n) is 9.82. The van der Waals surface area contributed by atoms with Crippen LogP contribution < -0.4 is 0 Å². The predicted molar refractivity (Wildman–Crippen MR) is 108 cm³/mol. The van der Waals surface area contributed by atoms with Crippen LogP contribution in [0.1, 0.15) is 54.7 Å². The molecule has 5 nitrogen and oxygen atoms in total. The van der Waals surface area contributed by atoms with Crippen molar-refractivity contribution < 1.29 is 4.79 Å². The predicted octanol–water partition coefficient (Wildman–Crippen LogP) is 4.19. The number of allylic oxidation sites excluding steroid dienone is 1. The van der Waals surface area contributed by atoms with Crippen LogP contribution in [0.2, 0.25) is 0 Å². The molecule has 1 aromatic heterocycles. The Balaban J connectivity index is 1.63. The molecule has 1 aliphatic carbocycles. The van der Waals surface area contributed by atoms with Crippen molar-refractivity contribution >= 4 is 17.7 Å². The van der Waals surface area contributed by atoms with Crippen LogP contribution in [0.15, 0.2) is 48.1 Å². The van der Waals surface area contributed by atoms with Gasteiger partial charge in [-0.2, -0.15) is 0 Å². The number of hydrogen-bond acceptors (Lipinski definition) is 4. The van der Waals surface area contributed by atoms with Gasteiger partial charge in [0.2, 0.25) is 5.91 Å². The van der Waals surface area contributed by atoms with Crippen LogP contribution in [0.3, 0.4) is 0 Å². The number of piperidine rings is 1. The monoisotopic (exact) mass is 382 g/mol. The molecule has 27 heavy (non-hydrogen) atoms. The number of carbonyl (C=O) groups excluding carboxylic acids is 1. The van der Waals surface area contributed by atoms with Gasteiger partial charge >= 0.3 is 0 Å². The van der Waals surface area contributed by atoms with E-state index in [1.807, 2.05) is 41.3 Å². The van der Waals surface area contributed by atoms with E-state index in [4.69, 9.17) is 0 Å². The number of likely N-dealkylation sites (tertiary alicyclic amines) is 1. The minimum Gasteiger partial charge on any atom is -0.341 e. The van der Waals surface area contributed by atoms with E-state index in [1.54, 1.807) is 0 Å². The third-order valence-corrected chi connectivity index (χ3v) is 6.44. The molecular formula is C21H26N4OS. The number of nitrogens with zero attached hydrogens (tertiary/aromatic N) is 4. The molecule has 1 saturated carbocycles. The van der Waals surface area contributed by atoms with E-state index >= 15 is 0 Å². The van der Waals surface area contributed by atoms with E-state index in [0.29, 0.717) is 12.5 Å². The van der Waals surface area contributed by atoms with Gasteiger partial charge < -0.3 is 9.47 Å². The number of benzene rings is 1. The number of rotatable bonds is 7. The molecule has 0 radical (unpaired) electrons. The quantitative estimate of drug-likeness (QED) is 0.532. The number of thioether (sulfide) groups is 1. The highest BCUT2D eigenvalue weighted by molar-refractivity contribution is 8.00. The molecule has 2 aromatic rings. The maximum Gasteiger partial charge on any atom is 0.240 e. The summed E-state index contributed by atoms with van der Waals surface area (Å²) in [5, 5.41) is 9.41.